The van der Waals surface area contributed by atoms with E-state index in [0.717, 1.165) is 10.4 Å². The van der Waals surface area contributed by atoms with Crippen molar-refractivity contribution in [3.63, 3.8) is 0 Å². The minimum atomic E-state index is -3.90. The number of pyridine rings is 1. The molecule has 1 atom stereocenters. The average molecular weight is 399 g/mol. The third-order valence-corrected chi connectivity index (χ3v) is 6.08. The van der Waals surface area contributed by atoms with E-state index in [-0.39, 0.29) is 44.2 Å². The molecule has 7 nitrogen and oxygen atoms in total. The Morgan fingerprint density at radius 3 is 2.58 bits per heavy atom. The van der Waals surface area contributed by atoms with Crippen molar-refractivity contribution in [3.05, 3.63) is 18.3 Å². The van der Waals surface area contributed by atoms with Crippen molar-refractivity contribution >= 4 is 10.2 Å². The number of ether oxygens (including phenoxy) is 2. The summed E-state index contributed by atoms with van der Waals surface area (Å²) in [4.78, 5) is 3.56. The fourth-order valence-corrected chi connectivity index (χ4v) is 4.18. The summed E-state index contributed by atoms with van der Waals surface area (Å²) in [5.41, 5.74) is -1.33. The molecule has 2 heterocycles. The van der Waals surface area contributed by atoms with Crippen molar-refractivity contribution in [2.45, 2.75) is 25.4 Å². The van der Waals surface area contributed by atoms with Gasteiger partial charge in [-0.2, -0.15) is 21.5 Å². The molecule has 0 aromatic carbocycles. The maximum absolute atomic E-state index is 14.3. The fourth-order valence-electron chi connectivity index (χ4n) is 3.49. The maximum Gasteiger partial charge on any atom is 0.388 e. The molecule has 2 fully saturated rings. The molecule has 0 bridgehead atoms. The van der Waals surface area contributed by atoms with Crippen LogP contribution in [0.1, 0.15) is 12.8 Å². The monoisotopic (exact) mass is 399 g/mol. The molecule has 2 aliphatic rings. The van der Waals surface area contributed by atoms with Gasteiger partial charge in [-0.15, -0.1) is 0 Å². The normalized spacial score (nSPS) is 24.6. The van der Waals surface area contributed by atoms with E-state index < -0.39 is 34.1 Å². The van der Waals surface area contributed by atoms with Crippen molar-refractivity contribution in [2.24, 2.45) is 16.5 Å². The Hall–Kier alpha value is -1.66. The van der Waals surface area contributed by atoms with Crippen molar-refractivity contribution in [3.8, 4) is 11.6 Å². The summed E-state index contributed by atoms with van der Waals surface area (Å²) in [7, 11) is -3.90. The fraction of sp³-hybridized carbons (Fsp3) is 0.643. The lowest BCUT2D eigenvalue weighted by atomic mass is 9.91. The topological polar surface area (TPSA) is 94.8 Å². The summed E-state index contributed by atoms with van der Waals surface area (Å²) in [5.74, 6) is -4.38. The number of hydrogen-bond donors (Lipinski definition) is 1. The van der Waals surface area contributed by atoms with E-state index in [2.05, 4.69) is 9.72 Å². The predicted molar refractivity (Wildman–Crippen MR) is 81.1 cm³/mol. The first-order valence-electron chi connectivity index (χ1n) is 7.75. The van der Waals surface area contributed by atoms with Gasteiger partial charge in [0.2, 0.25) is 5.88 Å². The Kier molecular flexibility index (Phi) is 4.78. The zero-order valence-corrected chi connectivity index (χ0v) is 14.3. The number of alkyl halides is 4. The second kappa shape index (κ2) is 6.50. The molecule has 12 heteroatoms. The molecule has 1 unspecified atom stereocenters. The molecular formula is C14H17F4N3O4S. The van der Waals surface area contributed by atoms with E-state index in [0.29, 0.717) is 0 Å². The molecule has 146 valence electrons. The summed E-state index contributed by atoms with van der Waals surface area (Å²) in [6, 6.07) is 2.43. The smallest absolute Gasteiger partial charge is 0.388 e. The Bertz CT molecular complexity index is 769. The van der Waals surface area contributed by atoms with Crippen LogP contribution in [0.15, 0.2) is 18.3 Å². The number of aromatic nitrogens is 1. The molecule has 26 heavy (non-hydrogen) atoms. The summed E-state index contributed by atoms with van der Waals surface area (Å²) >= 11 is 0. The van der Waals surface area contributed by atoms with Crippen LogP contribution in [0.25, 0.3) is 0 Å². The lowest BCUT2D eigenvalue weighted by Gasteiger charge is -2.30. The lowest BCUT2D eigenvalue weighted by Crippen LogP contribution is -2.44. The van der Waals surface area contributed by atoms with E-state index in [9.17, 15) is 26.0 Å². The van der Waals surface area contributed by atoms with Crippen molar-refractivity contribution in [2.75, 3.05) is 19.7 Å². The highest BCUT2D eigenvalue weighted by atomic mass is 32.2. The molecule has 1 aromatic rings. The molecule has 1 aromatic heterocycles. The van der Waals surface area contributed by atoms with Crippen molar-refractivity contribution < 1.29 is 35.5 Å². The van der Waals surface area contributed by atoms with Gasteiger partial charge in [0.05, 0.1) is 12.5 Å². The van der Waals surface area contributed by atoms with E-state index in [1.165, 1.54) is 12.3 Å². The lowest BCUT2D eigenvalue weighted by molar-refractivity contribution is -0.0529. The molecule has 2 N–H and O–H groups in total. The van der Waals surface area contributed by atoms with Gasteiger partial charge in [-0.3, -0.25) is 0 Å². The van der Waals surface area contributed by atoms with E-state index >= 15 is 0 Å². The maximum atomic E-state index is 14.3. The van der Waals surface area contributed by atoms with Crippen LogP contribution >= 0.6 is 0 Å². The number of hydrogen-bond acceptors (Lipinski definition) is 5. The van der Waals surface area contributed by atoms with Gasteiger partial charge in [0, 0.05) is 30.8 Å². The van der Waals surface area contributed by atoms with E-state index in [4.69, 9.17) is 9.88 Å². The first-order chi connectivity index (χ1) is 12.1. The first kappa shape index (κ1) is 19.1. The van der Waals surface area contributed by atoms with Crippen LogP contribution < -0.4 is 14.6 Å². The van der Waals surface area contributed by atoms with Gasteiger partial charge in [0.1, 0.15) is 5.75 Å². The summed E-state index contributed by atoms with van der Waals surface area (Å²) in [6.07, 6.45) is 1.11. The number of nitrogens with zero attached hydrogens (tertiary/aromatic N) is 2. The summed E-state index contributed by atoms with van der Waals surface area (Å²) in [6.45, 7) is -3.54. The third-order valence-electron chi connectivity index (χ3n) is 4.99. The summed E-state index contributed by atoms with van der Waals surface area (Å²) in [5, 5.41) is 5.02. The number of piperidine rings is 1. The molecule has 3 rings (SSSR count). The van der Waals surface area contributed by atoms with Crippen LogP contribution in [0, 0.1) is 11.3 Å². The van der Waals surface area contributed by atoms with Gasteiger partial charge in [0.15, 0.2) is 0 Å². The molecule has 1 saturated carbocycles. The highest BCUT2D eigenvalue weighted by Gasteiger charge is 2.80. The minimum absolute atomic E-state index is 0.0272. The number of rotatable bonds is 6. The zero-order valence-electron chi connectivity index (χ0n) is 13.4. The van der Waals surface area contributed by atoms with Gasteiger partial charge < -0.3 is 9.47 Å². The van der Waals surface area contributed by atoms with Crippen LogP contribution in [0.3, 0.4) is 0 Å². The van der Waals surface area contributed by atoms with Crippen LogP contribution in [-0.4, -0.2) is 49.9 Å². The average Bonchev–Trinajstić information content (AvgIpc) is 2.97. The zero-order chi connectivity index (χ0) is 19.2. The quantitative estimate of drug-likeness (QED) is 0.734. The standard InChI is InChI=1S/C14H17F4N3O4S/c15-12(16)25-11-7-9(1-4-20-11)24-8-10-13(14(10,17)18)2-5-21(6-3-13)26(19,22)23/h1,4,7,10,12H,2-3,5-6,8H2,(H2,19,22,23). The third kappa shape index (κ3) is 3.45. The second-order valence-electron chi connectivity index (χ2n) is 6.29. The second-order valence-corrected chi connectivity index (χ2v) is 7.84. The van der Waals surface area contributed by atoms with E-state index in [1.807, 2.05) is 0 Å². The predicted octanol–water partition coefficient (Wildman–Crippen LogP) is 1.61. The Balaban J connectivity index is 1.61. The van der Waals surface area contributed by atoms with Crippen molar-refractivity contribution in [1.29, 1.82) is 0 Å². The van der Waals surface area contributed by atoms with Crippen LogP contribution in [0.4, 0.5) is 17.6 Å². The SMILES string of the molecule is NS(=O)(=O)N1CCC2(CC1)C(COc1ccnc(OC(F)F)c1)C2(F)F. The Morgan fingerprint density at radius 2 is 2.00 bits per heavy atom. The number of nitrogens with two attached hydrogens (primary N) is 1. The van der Waals surface area contributed by atoms with Gasteiger partial charge in [-0.25, -0.2) is 18.9 Å². The molecule has 1 spiro atoms. The van der Waals surface area contributed by atoms with Crippen LogP contribution in [0.5, 0.6) is 11.6 Å². The Labute approximate surface area is 147 Å². The molecule has 1 aliphatic heterocycles. The van der Waals surface area contributed by atoms with Crippen LogP contribution in [0.2, 0.25) is 0 Å². The van der Waals surface area contributed by atoms with Gasteiger partial charge in [-0.1, -0.05) is 0 Å². The van der Waals surface area contributed by atoms with Crippen LogP contribution in [-0.2, 0) is 10.2 Å². The highest BCUT2D eigenvalue weighted by molar-refractivity contribution is 7.86. The highest BCUT2D eigenvalue weighted by Crippen LogP contribution is 2.70. The van der Waals surface area contributed by atoms with Gasteiger partial charge in [0.25, 0.3) is 16.1 Å². The van der Waals surface area contributed by atoms with E-state index in [1.54, 1.807) is 0 Å². The molecule has 0 radical (unpaired) electrons. The van der Waals surface area contributed by atoms with Gasteiger partial charge >= 0.3 is 6.61 Å². The molecule has 1 saturated heterocycles. The Morgan fingerprint density at radius 1 is 1.35 bits per heavy atom. The minimum Gasteiger partial charge on any atom is -0.493 e. The number of halogens is 4. The molecule has 1 aliphatic carbocycles. The molecular weight excluding hydrogens is 382 g/mol. The summed E-state index contributed by atoms with van der Waals surface area (Å²) < 4.78 is 86.0. The van der Waals surface area contributed by atoms with Gasteiger partial charge in [-0.05, 0) is 18.9 Å². The first-order valence-corrected chi connectivity index (χ1v) is 9.26. The largest absolute Gasteiger partial charge is 0.493 e. The van der Waals surface area contributed by atoms with Crippen molar-refractivity contribution in [1.82, 2.24) is 9.29 Å². The molecule has 0 amide bonds.